The van der Waals surface area contributed by atoms with Crippen molar-refractivity contribution in [3.8, 4) is 0 Å². The third-order valence-electron chi connectivity index (χ3n) is 5.34. The fourth-order valence-corrected chi connectivity index (χ4v) is 3.66. The molecule has 0 bridgehead atoms. The molecular weight excluding hydrogens is 348 g/mol. The van der Waals surface area contributed by atoms with Gasteiger partial charge in [0, 0.05) is 12.0 Å². The number of unbranched alkanes of at least 4 members (excludes halogenated alkanes) is 7. The van der Waals surface area contributed by atoms with Crippen LogP contribution < -0.4 is 0 Å². The summed E-state index contributed by atoms with van der Waals surface area (Å²) in [5.41, 5.74) is 1.70. The largest absolute Gasteiger partial charge is 0.393 e. The number of aliphatic hydroxyl groups excluding tert-OH is 1. The van der Waals surface area contributed by atoms with Gasteiger partial charge in [-0.3, -0.25) is 9.59 Å². The van der Waals surface area contributed by atoms with Crippen LogP contribution in [0.3, 0.4) is 0 Å². The Balaban J connectivity index is 1.73. The predicted molar refractivity (Wildman–Crippen MR) is 114 cm³/mol. The summed E-state index contributed by atoms with van der Waals surface area (Å²) >= 11 is 0. The van der Waals surface area contributed by atoms with Gasteiger partial charge in [0.2, 0.25) is 0 Å². The lowest BCUT2D eigenvalue weighted by Crippen LogP contribution is -2.18. The minimum Gasteiger partial charge on any atom is -0.393 e. The molecule has 0 amide bonds. The van der Waals surface area contributed by atoms with Crippen molar-refractivity contribution in [3.63, 3.8) is 0 Å². The summed E-state index contributed by atoms with van der Waals surface area (Å²) in [5.74, 6) is -0.369. The second-order valence-corrected chi connectivity index (χ2v) is 7.82. The normalized spacial score (nSPS) is 15.1. The van der Waals surface area contributed by atoms with Crippen LogP contribution in [0, 0.1) is 0 Å². The van der Waals surface area contributed by atoms with Crippen LogP contribution in [-0.4, -0.2) is 22.8 Å². The van der Waals surface area contributed by atoms with Crippen molar-refractivity contribution < 1.29 is 14.7 Å². The molecule has 1 aliphatic carbocycles. The minimum atomic E-state index is -0.404. The zero-order valence-electron chi connectivity index (χ0n) is 17.2. The van der Waals surface area contributed by atoms with Crippen molar-refractivity contribution in [3.05, 3.63) is 59.2 Å². The lowest BCUT2D eigenvalue weighted by atomic mass is 9.89. The first kappa shape index (κ1) is 22.3. The Morgan fingerprint density at radius 3 is 2.25 bits per heavy atom. The van der Waals surface area contributed by atoms with E-state index in [2.05, 4.69) is 6.92 Å². The summed E-state index contributed by atoms with van der Waals surface area (Å²) in [6, 6.07) is 8.89. The lowest BCUT2D eigenvalue weighted by molar-refractivity contribution is -0.114. The molecule has 0 radical (unpaired) electrons. The molecule has 28 heavy (non-hydrogen) atoms. The van der Waals surface area contributed by atoms with Gasteiger partial charge in [-0.05, 0) is 18.9 Å². The molecule has 1 N–H and O–H groups in total. The second kappa shape index (κ2) is 12.5. The third kappa shape index (κ3) is 7.55. The molecule has 0 aromatic heterocycles. The molecule has 0 fully saturated rings. The molecule has 3 heteroatoms. The smallest absolute Gasteiger partial charge is 0.196 e. The molecule has 1 aromatic carbocycles. The average Bonchev–Trinajstić information content (AvgIpc) is 2.70. The summed E-state index contributed by atoms with van der Waals surface area (Å²) < 4.78 is 0. The number of hydrogen-bond acceptors (Lipinski definition) is 3. The monoisotopic (exact) mass is 382 g/mol. The number of hydrogen-bond donors (Lipinski definition) is 1. The third-order valence-corrected chi connectivity index (χ3v) is 5.34. The maximum absolute atomic E-state index is 12.5. The molecule has 1 aliphatic rings. The standard InChI is InChI=1S/C25H34O3/c1-2-3-4-5-6-7-8-12-15-22(26)18-20-16-17-23(24(27)19-20)25(28)21-13-10-9-11-14-21/h9-11,13-14,16-17,22,26H,2-8,12,15,18-19H2,1H3. The number of ketones is 2. The molecular formula is C25H34O3. The van der Waals surface area contributed by atoms with Crippen molar-refractivity contribution >= 4 is 11.6 Å². The van der Waals surface area contributed by atoms with Gasteiger partial charge in [0.15, 0.2) is 11.6 Å². The van der Waals surface area contributed by atoms with Crippen LogP contribution in [-0.2, 0) is 4.79 Å². The van der Waals surface area contributed by atoms with E-state index < -0.39 is 6.10 Å². The Hall–Kier alpha value is -2.00. The lowest BCUT2D eigenvalue weighted by Gasteiger charge is -2.16. The van der Waals surface area contributed by atoms with Gasteiger partial charge in [-0.1, -0.05) is 100 Å². The van der Waals surface area contributed by atoms with Crippen LogP contribution in [0.1, 0.15) is 87.9 Å². The number of rotatable bonds is 13. The van der Waals surface area contributed by atoms with Crippen LogP contribution in [0.5, 0.6) is 0 Å². The SMILES string of the molecule is CCCCCCCCCCC(O)CC1=CC=C(C(=O)c2ccccc2)C(=O)C1. The van der Waals surface area contributed by atoms with E-state index in [4.69, 9.17) is 0 Å². The van der Waals surface area contributed by atoms with E-state index in [1.165, 1.54) is 38.5 Å². The molecule has 1 unspecified atom stereocenters. The number of Topliss-reactive ketones (excluding diaryl/α,β-unsaturated/α-hetero) is 2. The molecule has 152 valence electrons. The van der Waals surface area contributed by atoms with Crippen LogP contribution >= 0.6 is 0 Å². The van der Waals surface area contributed by atoms with E-state index in [1.807, 2.05) is 12.1 Å². The highest BCUT2D eigenvalue weighted by Gasteiger charge is 2.23. The number of allylic oxidation sites excluding steroid dienone is 3. The van der Waals surface area contributed by atoms with Gasteiger partial charge in [-0.2, -0.15) is 0 Å². The highest BCUT2D eigenvalue weighted by Crippen LogP contribution is 2.23. The van der Waals surface area contributed by atoms with E-state index in [-0.39, 0.29) is 23.6 Å². The zero-order valence-corrected chi connectivity index (χ0v) is 17.2. The molecule has 3 nitrogen and oxygen atoms in total. The van der Waals surface area contributed by atoms with Crippen molar-refractivity contribution in [1.29, 1.82) is 0 Å². The van der Waals surface area contributed by atoms with Gasteiger partial charge in [0.1, 0.15) is 0 Å². The topological polar surface area (TPSA) is 54.4 Å². The average molecular weight is 383 g/mol. The Labute approximate surface area is 169 Å². The van der Waals surface area contributed by atoms with E-state index in [9.17, 15) is 14.7 Å². The highest BCUT2D eigenvalue weighted by atomic mass is 16.3. The first-order chi connectivity index (χ1) is 13.6. The van der Waals surface area contributed by atoms with Gasteiger partial charge >= 0.3 is 0 Å². The maximum atomic E-state index is 12.5. The fourth-order valence-electron chi connectivity index (χ4n) is 3.66. The summed E-state index contributed by atoms with van der Waals surface area (Å²) in [5, 5.41) is 10.3. The molecule has 0 spiro atoms. The van der Waals surface area contributed by atoms with Crippen molar-refractivity contribution in [2.45, 2.75) is 83.7 Å². The first-order valence-corrected chi connectivity index (χ1v) is 10.8. The van der Waals surface area contributed by atoms with Crippen LogP contribution in [0.4, 0.5) is 0 Å². The summed E-state index contributed by atoms with van der Waals surface area (Å²) in [7, 11) is 0. The molecule has 0 saturated carbocycles. The Morgan fingerprint density at radius 1 is 0.964 bits per heavy atom. The van der Waals surface area contributed by atoms with Crippen LogP contribution in [0.15, 0.2) is 53.6 Å². The Kier molecular flexibility index (Phi) is 9.92. The number of carbonyl (C=O) groups excluding carboxylic acids is 2. The predicted octanol–water partition coefficient (Wildman–Crippen LogP) is 5.98. The molecule has 0 saturated heterocycles. The van der Waals surface area contributed by atoms with Gasteiger partial charge in [-0.15, -0.1) is 0 Å². The first-order valence-electron chi connectivity index (χ1n) is 10.8. The summed E-state index contributed by atoms with van der Waals surface area (Å²) in [4.78, 5) is 24.9. The minimum absolute atomic E-state index is 0.148. The summed E-state index contributed by atoms with van der Waals surface area (Å²) in [6.07, 6.45) is 14.6. The van der Waals surface area contributed by atoms with E-state index >= 15 is 0 Å². The van der Waals surface area contributed by atoms with Gasteiger partial charge in [-0.25, -0.2) is 0 Å². The van der Waals surface area contributed by atoms with E-state index in [1.54, 1.807) is 30.3 Å². The van der Waals surface area contributed by atoms with Gasteiger partial charge in [0.05, 0.1) is 11.7 Å². The molecule has 2 rings (SSSR count). The van der Waals surface area contributed by atoms with E-state index in [0.717, 1.165) is 24.8 Å². The highest BCUT2D eigenvalue weighted by molar-refractivity contribution is 6.27. The van der Waals surface area contributed by atoms with Gasteiger partial charge in [0.25, 0.3) is 0 Å². The van der Waals surface area contributed by atoms with Crippen molar-refractivity contribution in [2.75, 3.05) is 0 Å². The Morgan fingerprint density at radius 2 is 1.61 bits per heavy atom. The maximum Gasteiger partial charge on any atom is 0.196 e. The fraction of sp³-hybridized carbons (Fsp3) is 0.520. The molecule has 1 atom stereocenters. The molecule has 1 aromatic rings. The van der Waals surface area contributed by atoms with Crippen LogP contribution in [0.2, 0.25) is 0 Å². The quantitative estimate of drug-likeness (QED) is 0.259. The summed E-state index contributed by atoms with van der Waals surface area (Å²) in [6.45, 7) is 2.23. The molecule has 0 aliphatic heterocycles. The van der Waals surface area contributed by atoms with Crippen molar-refractivity contribution in [1.82, 2.24) is 0 Å². The zero-order chi connectivity index (χ0) is 20.2. The second-order valence-electron chi connectivity index (χ2n) is 7.82. The van der Waals surface area contributed by atoms with Crippen LogP contribution in [0.25, 0.3) is 0 Å². The number of aliphatic hydroxyl groups is 1. The Bertz CT molecular complexity index is 685. The molecule has 0 heterocycles. The van der Waals surface area contributed by atoms with Gasteiger partial charge < -0.3 is 5.11 Å². The van der Waals surface area contributed by atoms with Crippen molar-refractivity contribution in [2.24, 2.45) is 0 Å². The number of carbonyl (C=O) groups is 2. The number of benzene rings is 1. The van der Waals surface area contributed by atoms with E-state index in [0.29, 0.717) is 12.0 Å².